The summed E-state index contributed by atoms with van der Waals surface area (Å²) in [5.41, 5.74) is 5.58. The Labute approximate surface area is 134 Å². The van der Waals surface area contributed by atoms with E-state index in [1.165, 1.54) is 38.5 Å². The molecule has 3 rings (SSSR count). The maximum Gasteiger partial charge on any atom is 0.174 e. The molecular weight excluding hydrogens is 278 g/mol. The van der Waals surface area contributed by atoms with Gasteiger partial charge >= 0.3 is 0 Å². The van der Waals surface area contributed by atoms with Crippen LogP contribution in [0.3, 0.4) is 0 Å². The maximum atomic E-state index is 11.5. The highest BCUT2D eigenvalue weighted by Gasteiger charge is 2.58. The van der Waals surface area contributed by atoms with Crippen LogP contribution in [-0.2, 0) is 9.47 Å². The van der Waals surface area contributed by atoms with Gasteiger partial charge in [-0.15, -0.1) is 0 Å². The summed E-state index contributed by atoms with van der Waals surface area (Å²) in [6.07, 6.45) is 13.4. The van der Waals surface area contributed by atoms with Crippen LogP contribution in [0.25, 0.3) is 0 Å². The second-order valence-electron chi connectivity index (χ2n) is 7.56. The highest BCUT2D eigenvalue weighted by atomic mass is 16.7. The molecule has 0 aromatic heterocycles. The topological polar surface area (TPSA) is 64.7 Å². The number of aliphatic hydroxyl groups is 1. The van der Waals surface area contributed by atoms with Crippen molar-refractivity contribution in [3.8, 4) is 0 Å². The van der Waals surface area contributed by atoms with Crippen LogP contribution in [0.4, 0.5) is 0 Å². The van der Waals surface area contributed by atoms with E-state index in [2.05, 4.69) is 0 Å². The molecule has 1 heterocycles. The average molecular weight is 311 g/mol. The minimum Gasteiger partial charge on any atom is -0.388 e. The molecule has 3 aliphatic rings. The Hall–Kier alpha value is -0.160. The Morgan fingerprint density at radius 2 is 1.36 bits per heavy atom. The van der Waals surface area contributed by atoms with Crippen molar-refractivity contribution < 1.29 is 14.6 Å². The van der Waals surface area contributed by atoms with Gasteiger partial charge in [-0.05, 0) is 19.3 Å². The molecule has 2 saturated carbocycles. The third-order valence-corrected chi connectivity index (χ3v) is 6.18. The zero-order valence-electron chi connectivity index (χ0n) is 13.9. The Morgan fingerprint density at radius 3 is 2.05 bits per heavy atom. The van der Waals surface area contributed by atoms with Crippen LogP contribution < -0.4 is 5.73 Å². The summed E-state index contributed by atoms with van der Waals surface area (Å²) < 4.78 is 12.1. The number of fused-ring (bicyclic) bond motifs is 2. The van der Waals surface area contributed by atoms with Crippen molar-refractivity contribution in [3.63, 3.8) is 0 Å². The van der Waals surface area contributed by atoms with Gasteiger partial charge in [0.15, 0.2) is 5.79 Å². The predicted molar refractivity (Wildman–Crippen MR) is 86.5 cm³/mol. The van der Waals surface area contributed by atoms with Gasteiger partial charge in [0.25, 0.3) is 0 Å². The van der Waals surface area contributed by atoms with Gasteiger partial charge in [0.1, 0.15) is 0 Å². The second kappa shape index (κ2) is 7.16. The zero-order valence-corrected chi connectivity index (χ0v) is 13.9. The minimum absolute atomic E-state index is 0.0330. The fourth-order valence-electron chi connectivity index (χ4n) is 4.88. The Morgan fingerprint density at radius 1 is 0.773 bits per heavy atom. The summed E-state index contributed by atoms with van der Waals surface area (Å²) in [5.74, 6) is -0.528. The van der Waals surface area contributed by atoms with Gasteiger partial charge < -0.3 is 20.3 Å². The van der Waals surface area contributed by atoms with Crippen LogP contribution in [0, 0.1) is 5.92 Å². The molecule has 1 aliphatic heterocycles. The van der Waals surface area contributed by atoms with E-state index < -0.39 is 11.4 Å². The molecule has 1 saturated heterocycles. The summed E-state index contributed by atoms with van der Waals surface area (Å²) in [6.45, 7) is 1.31. The molecule has 128 valence electrons. The molecule has 3 atom stereocenters. The third-order valence-electron chi connectivity index (χ3n) is 6.18. The Kier molecular flexibility index (Phi) is 5.43. The highest BCUT2D eigenvalue weighted by Crippen LogP contribution is 2.49. The lowest BCUT2D eigenvalue weighted by Crippen LogP contribution is -2.65. The quantitative estimate of drug-likeness (QED) is 0.721. The first-order chi connectivity index (χ1) is 10.7. The Balaban J connectivity index is 1.80. The molecule has 0 radical (unpaired) electrons. The van der Waals surface area contributed by atoms with Gasteiger partial charge in [-0.2, -0.15) is 0 Å². The molecule has 2 aliphatic carbocycles. The summed E-state index contributed by atoms with van der Waals surface area (Å²) in [4.78, 5) is 0. The van der Waals surface area contributed by atoms with E-state index in [-0.39, 0.29) is 12.0 Å². The van der Waals surface area contributed by atoms with Crippen LogP contribution >= 0.6 is 0 Å². The molecule has 0 aromatic rings. The first kappa shape index (κ1) is 16.7. The number of hydrogen-bond acceptors (Lipinski definition) is 4. The summed E-state index contributed by atoms with van der Waals surface area (Å²) in [6, 6.07) is -0.140. The van der Waals surface area contributed by atoms with E-state index in [0.717, 1.165) is 38.5 Å². The highest BCUT2D eigenvalue weighted by molar-refractivity contribution is 5.06. The second-order valence-corrected chi connectivity index (χ2v) is 7.56. The van der Waals surface area contributed by atoms with Gasteiger partial charge in [-0.25, -0.2) is 0 Å². The number of rotatable bonds is 0. The first-order valence-corrected chi connectivity index (χ1v) is 9.43. The largest absolute Gasteiger partial charge is 0.388 e. The summed E-state index contributed by atoms with van der Waals surface area (Å²) >= 11 is 0. The lowest BCUT2D eigenvalue weighted by molar-refractivity contribution is -0.270. The van der Waals surface area contributed by atoms with Crippen molar-refractivity contribution in [3.05, 3.63) is 0 Å². The van der Waals surface area contributed by atoms with Gasteiger partial charge in [-0.3, -0.25) is 0 Å². The van der Waals surface area contributed by atoms with E-state index >= 15 is 0 Å². The molecule has 4 nitrogen and oxygen atoms in total. The summed E-state index contributed by atoms with van der Waals surface area (Å²) in [5, 5.41) is 11.5. The van der Waals surface area contributed by atoms with Crippen LogP contribution in [0.5, 0.6) is 0 Å². The van der Waals surface area contributed by atoms with E-state index in [1.54, 1.807) is 0 Å². The number of nitrogens with two attached hydrogens (primary N) is 1. The monoisotopic (exact) mass is 311 g/mol. The molecule has 4 heteroatoms. The Bertz CT molecular complexity index is 356. The summed E-state index contributed by atoms with van der Waals surface area (Å²) in [7, 11) is 0. The standard InChI is InChI=1S/C18H33NO3/c19-16-10-12-18(21-13-14-22-18)15-9-7-5-3-1-2-4-6-8-11-17(15,16)20/h15-16,20H,1-14,19H2. The van der Waals surface area contributed by atoms with Crippen molar-refractivity contribution >= 4 is 0 Å². The maximum absolute atomic E-state index is 11.5. The molecule has 0 amide bonds. The van der Waals surface area contributed by atoms with Crippen LogP contribution in [0.15, 0.2) is 0 Å². The SMILES string of the molecule is NC1CCC2(OCCO2)C2CCCCCCCCCCC12O. The van der Waals surface area contributed by atoms with Gasteiger partial charge in [0.05, 0.1) is 18.8 Å². The normalized spacial score (nSPS) is 40.6. The third kappa shape index (κ3) is 3.21. The molecule has 0 bridgehead atoms. The molecule has 0 aromatic carbocycles. The van der Waals surface area contributed by atoms with Crippen molar-refractivity contribution in [1.82, 2.24) is 0 Å². The first-order valence-electron chi connectivity index (χ1n) is 9.43. The van der Waals surface area contributed by atoms with Crippen LogP contribution in [0.2, 0.25) is 0 Å². The predicted octanol–water partition coefficient (Wildman–Crippen LogP) is 3.11. The molecule has 3 fully saturated rings. The van der Waals surface area contributed by atoms with E-state index in [1.807, 2.05) is 0 Å². The molecule has 1 spiro atoms. The van der Waals surface area contributed by atoms with Crippen molar-refractivity contribution in [2.45, 2.75) is 94.5 Å². The van der Waals surface area contributed by atoms with E-state index in [9.17, 15) is 5.11 Å². The molecule has 3 N–H and O–H groups in total. The van der Waals surface area contributed by atoms with Crippen molar-refractivity contribution in [2.75, 3.05) is 13.2 Å². The van der Waals surface area contributed by atoms with Gasteiger partial charge in [-0.1, -0.05) is 51.4 Å². The molecule has 22 heavy (non-hydrogen) atoms. The van der Waals surface area contributed by atoms with Crippen molar-refractivity contribution in [2.24, 2.45) is 11.7 Å². The fraction of sp³-hybridized carbons (Fsp3) is 1.00. The smallest absolute Gasteiger partial charge is 0.174 e. The minimum atomic E-state index is -0.818. The van der Waals surface area contributed by atoms with E-state index in [0.29, 0.717) is 13.2 Å². The van der Waals surface area contributed by atoms with Crippen LogP contribution in [-0.4, -0.2) is 35.8 Å². The lowest BCUT2D eigenvalue weighted by Gasteiger charge is -2.52. The van der Waals surface area contributed by atoms with E-state index in [4.69, 9.17) is 15.2 Å². The zero-order chi connectivity index (χ0) is 15.5. The molecule has 3 unspecified atom stereocenters. The number of hydrogen-bond donors (Lipinski definition) is 2. The van der Waals surface area contributed by atoms with Gasteiger partial charge in [0, 0.05) is 18.4 Å². The van der Waals surface area contributed by atoms with Gasteiger partial charge in [0.2, 0.25) is 0 Å². The average Bonchev–Trinajstić information content (AvgIpc) is 2.96. The van der Waals surface area contributed by atoms with Crippen molar-refractivity contribution in [1.29, 1.82) is 0 Å². The molecular formula is C18H33NO3. The number of ether oxygens (including phenoxy) is 2. The fourth-order valence-corrected chi connectivity index (χ4v) is 4.88. The van der Waals surface area contributed by atoms with Crippen LogP contribution in [0.1, 0.15) is 77.0 Å². The lowest BCUT2D eigenvalue weighted by atomic mass is 9.64.